The molecular formula is C15H16INOS2. The second kappa shape index (κ2) is 5.10. The van der Waals surface area contributed by atoms with E-state index in [1.54, 1.807) is 0 Å². The first-order valence-electron chi connectivity index (χ1n) is 6.67. The second-order valence-electron chi connectivity index (χ2n) is 5.62. The molecule has 0 radical (unpaired) electrons. The van der Waals surface area contributed by atoms with Crippen molar-refractivity contribution < 1.29 is 4.79 Å². The summed E-state index contributed by atoms with van der Waals surface area (Å²) in [5.74, 6) is 1.01. The quantitative estimate of drug-likeness (QED) is 0.342. The molecule has 106 valence electrons. The molecule has 0 bridgehead atoms. The molecule has 0 aliphatic heterocycles. The molecule has 0 spiro atoms. The minimum Gasteiger partial charge on any atom is -0.269 e. The molecule has 3 aromatic heterocycles. The number of carbonyl (C=O) groups excluding carboxylic acids is 1. The lowest BCUT2D eigenvalue weighted by Crippen LogP contribution is -1.99. The van der Waals surface area contributed by atoms with Crippen molar-refractivity contribution in [2.75, 3.05) is 0 Å². The van der Waals surface area contributed by atoms with Crippen molar-refractivity contribution >= 4 is 69.6 Å². The molecule has 0 saturated carbocycles. The fourth-order valence-electron chi connectivity index (χ4n) is 2.35. The van der Waals surface area contributed by atoms with Crippen LogP contribution >= 0.6 is 45.3 Å². The molecule has 20 heavy (non-hydrogen) atoms. The normalized spacial score (nSPS) is 12.3. The summed E-state index contributed by atoms with van der Waals surface area (Å²) in [7, 11) is 0. The maximum Gasteiger partial charge on any atom is 0.292 e. The molecule has 3 aromatic rings. The molecule has 0 aliphatic carbocycles. The van der Waals surface area contributed by atoms with Gasteiger partial charge in [0, 0.05) is 32.3 Å². The zero-order valence-corrected chi connectivity index (χ0v) is 15.6. The third kappa shape index (κ3) is 2.14. The number of fused-ring (bicyclic) bond motifs is 3. The van der Waals surface area contributed by atoms with Gasteiger partial charge in [-0.25, -0.2) is 0 Å². The van der Waals surface area contributed by atoms with Crippen molar-refractivity contribution in [2.24, 2.45) is 0 Å². The van der Waals surface area contributed by atoms with Crippen LogP contribution in [0.15, 0.2) is 12.1 Å². The number of nitrogens with zero attached hydrogens (tertiary/aromatic N) is 1. The molecule has 3 heterocycles. The van der Waals surface area contributed by atoms with E-state index in [9.17, 15) is 4.79 Å². The Kier molecular flexibility index (Phi) is 3.71. The average Bonchev–Trinajstić information content (AvgIpc) is 2.95. The van der Waals surface area contributed by atoms with Gasteiger partial charge in [0.05, 0.1) is 20.4 Å². The van der Waals surface area contributed by atoms with Crippen LogP contribution in [0, 0.1) is 0 Å². The number of carbonyl (C=O) groups is 1. The van der Waals surface area contributed by atoms with E-state index in [2.05, 4.69) is 39.8 Å². The lowest BCUT2D eigenvalue weighted by Gasteiger charge is -2.00. The van der Waals surface area contributed by atoms with E-state index in [4.69, 9.17) is 0 Å². The minimum atomic E-state index is 0.0730. The average molecular weight is 417 g/mol. The van der Waals surface area contributed by atoms with E-state index in [-0.39, 0.29) is 3.91 Å². The fourth-order valence-corrected chi connectivity index (χ4v) is 5.30. The number of rotatable bonds is 2. The second-order valence-corrected chi connectivity index (χ2v) is 8.71. The van der Waals surface area contributed by atoms with Crippen molar-refractivity contribution in [1.82, 2.24) is 4.57 Å². The molecule has 0 aliphatic rings. The van der Waals surface area contributed by atoms with Gasteiger partial charge in [-0.2, -0.15) is 0 Å². The molecular weight excluding hydrogens is 401 g/mol. The lowest BCUT2D eigenvalue weighted by molar-refractivity contribution is 0.265. The van der Waals surface area contributed by atoms with Gasteiger partial charge >= 0.3 is 0 Å². The number of hydrogen-bond acceptors (Lipinski definition) is 3. The largest absolute Gasteiger partial charge is 0.292 e. The first kappa shape index (κ1) is 14.5. The van der Waals surface area contributed by atoms with Gasteiger partial charge in [-0.1, -0.05) is 27.7 Å². The number of aromatic nitrogens is 1. The van der Waals surface area contributed by atoms with Crippen molar-refractivity contribution in [1.29, 1.82) is 0 Å². The lowest BCUT2D eigenvalue weighted by atomic mass is 10.2. The summed E-state index contributed by atoms with van der Waals surface area (Å²) in [6.45, 7) is 8.80. The summed E-state index contributed by atoms with van der Waals surface area (Å²) in [6.07, 6.45) is 0. The highest BCUT2D eigenvalue weighted by molar-refractivity contribution is 14.1. The van der Waals surface area contributed by atoms with Gasteiger partial charge in [-0.3, -0.25) is 9.36 Å². The van der Waals surface area contributed by atoms with Gasteiger partial charge < -0.3 is 0 Å². The van der Waals surface area contributed by atoms with Gasteiger partial charge in [0.1, 0.15) is 0 Å². The Morgan fingerprint density at radius 2 is 1.40 bits per heavy atom. The SMILES string of the molecule is CC(C)c1cc2c(s1)c1sc(C(C)C)cc1n2C(=O)I. The summed E-state index contributed by atoms with van der Waals surface area (Å²) in [5.41, 5.74) is 2.16. The Hall–Kier alpha value is -0.400. The van der Waals surface area contributed by atoms with Gasteiger partial charge in [-0.15, -0.1) is 22.7 Å². The zero-order chi connectivity index (χ0) is 14.6. The van der Waals surface area contributed by atoms with E-state index in [0.717, 1.165) is 11.0 Å². The predicted octanol–water partition coefficient (Wildman–Crippen LogP) is 6.57. The van der Waals surface area contributed by atoms with Crippen LogP contribution in [0.1, 0.15) is 49.3 Å². The summed E-state index contributed by atoms with van der Waals surface area (Å²) >= 11 is 5.55. The van der Waals surface area contributed by atoms with E-state index < -0.39 is 0 Å². The summed E-state index contributed by atoms with van der Waals surface area (Å²) in [6, 6.07) is 4.37. The standard InChI is InChI=1S/C15H16INOS2/c1-7(2)11-5-9-13(19-11)14-10(17(9)15(16)18)6-12(20-14)8(3)4/h5-8H,1-4H3. The smallest absolute Gasteiger partial charge is 0.269 e. The molecule has 0 atom stereocenters. The Morgan fingerprint density at radius 3 is 1.70 bits per heavy atom. The van der Waals surface area contributed by atoms with Crippen molar-refractivity contribution in [3.05, 3.63) is 21.9 Å². The van der Waals surface area contributed by atoms with Gasteiger partial charge in [0.15, 0.2) is 0 Å². The minimum absolute atomic E-state index is 0.0730. The van der Waals surface area contributed by atoms with Crippen LogP contribution in [0.5, 0.6) is 0 Å². The van der Waals surface area contributed by atoms with E-state index >= 15 is 0 Å². The number of halogens is 1. The number of thiophene rings is 2. The van der Waals surface area contributed by atoms with Crippen LogP contribution in [-0.2, 0) is 0 Å². The highest BCUT2D eigenvalue weighted by Gasteiger charge is 2.21. The molecule has 0 aromatic carbocycles. The zero-order valence-electron chi connectivity index (χ0n) is 11.9. The number of hydrogen-bond donors (Lipinski definition) is 0. The van der Waals surface area contributed by atoms with E-state index in [1.807, 2.05) is 49.8 Å². The summed E-state index contributed by atoms with van der Waals surface area (Å²) < 4.78 is 4.48. The van der Waals surface area contributed by atoms with Crippen LogP contribution < -0.4 is 0 Å². The third-order valence-corrected chi connectivity index (χ3v) is 6.96. The molecule has 0 N–H and O–H groups in total. The highest BCUT2D eigenvalue weighted by Crippen LogP contribution is 2.43. The van der Waals surface area contributed by atoms with Crippen LogP contribution in [0.2, 0.25) is 0 Å². The van der Waals surface area contributed by atoms with E-state index in [1.165, 1.54) is 19.2 Å². The third-order valence-electron chi connectivity index (χ3n) is 3.46. The molecule has 2 nitrogen and oxygen atoms in total. The Balaban J connectivity index is 2.39. The Morgan fingerprint density at radius 1 is 1.00 bits per heavy atom. The maximum atomic E-state index is 12.1. The Bertz CT molecular complexity index is 747. The van der Waals surface area contributed by atoms with Crippen molar-refractivity contribution in [3.63, 3.8) is 0 Å². The highest BCUT2D eigenvalue weighted by atomic mass is 127. The summed E-state index contributed by atoms with van der Waals surface area (Å²) in [5, 5.41) is 0. The van der Waals surface area contributed by atoms with E-state index in [0.29, 0.717) is 11.8 Å². The van der Waals surface area contributed by atoms with Crippen molar-refractivity contribution in [2.45, 2.75) is 39.5 Å². The summed E-state index contributed by atoms with van der Waals surface area (Å²) in [4.78, 5) is 14.8. The molecule has 3 rings (SSSR count). The van der Waals surface area contributed by atoms with Gasteiger partial charge in [0.2, 0.25) is 0 Å². The monoisotopic (exact) mass is 417 g/mol. The molecule has 5 heteroatoms. The fraction of sp³-hybridized carbons (Fsp3) is 0.400. The van der Waals surface area contributed by atoms with Crippen LogP contribution in [0.3, 0.4) is 0 Å². The van der Waals surface area contributed by atoms with Crippen LogP contribution in [0.25, 0.3) is 20.4 Å². The molecule has 0 unspecified atom stereocenters. The first-order chi connectivity index (χ1) is 9.40. The van der Waals surface area contributed by atoms with Gasteiger partial charge in [0.25, 0.3) is 3.91 Å². The van der Waals surface area contributed by atoms with Crippen molar-refractivity contribution in [3.8, 4) is 0 Å². The topological polar surface area (TPSA) is 22.0 Å². The predicted molar refractivity (Wildman–Crippen MR) is 98.2 cm³/mol. The van der Waals surface area contributed by atoms with Crippen LogP contribution in [-0.4, -0.2) is 8.48 Å². The Labute approximate surface area is 139 Å². The molecule has 0 amide bonds. The molecule has 0 fully saturated rings. The van der Waals surface area contributed by atoms with Gasteiger partial charge in [-0.05, 0) is 24.0 Å². The first-order valence-corrected chi connectivity index (χ1v) is 9.38. The van der Waals surface area contributed by atoms with Crippen LogP contribution in [0.4, 0.5) is 4.79 Å². The maximum absolute atomic E-state index is 12.1. The molecule has 0 saturated heterocycles.